The number of fused-ring (bicyclic) bond motifs is 1. The highest BCUT2D eigenvalue weighted by Crippen LogP contribution is 2.32. The summed E-state index contributed by atoms with van der Waals surface area (Å²) in [6, 6.07) is 12.4. The number of carbonyl (C=O) groups is 2. The van der Waals surface area contributed by atoms with Gasteiger partial charge in [-0.2, -0.15) is 0 Å². The van der Waals surface area contributed by atoms with Crippen LogP contribution >= 0.6 is 0 Å². The zero-order valence-corrected chi connectivity index (χ0v) is 20.4. The van der Waals surface area contributed by atoms with Gasteiger partial charge in [-0.1, -0.05) is 0 Å². The van der Waals surface area contributed by atoms with E-state index in [1.54, 1.807) is 41.7 Å². The molecule has 1 aliphatic rings. The fraction of sp³-hybridized carbons (Fsp3) is 0.333. The standard InChI is InChI=1S/C27H29N5O4/c1-3-31(4-2)26(33)18-8-5-13-32(17-18)27(34)28-19-11-12-20-21(16-19)30-25(23-10-7-15-36-23)24(29-20)22-9-6-14-35-22/h6-7,9-12,14-16,18H,3-5,8,13,17H2,1-2H3,(H,28,34)/t18-/m0/s1. The van der Waals surface area contributed by atoms with Crippen molar-refractivity contribution in [2.75, 3.05) is 31.5 Å². The van der Waals surface area contributed by atoms with Crippen LogP contribution in [-0.2, 0) is 4.79 Å². The van der Waals surface area contributed by atoms with E-state index >= 15 is 0 Å². The number of piperidine rings is 1. The molecule has 1 atom stereocenters. The van der Waals surface area contributed by atoms with E-state index in [0.717, 1.165) is 12.8 Å². The number of carbonyl (C=O) groups excluding carboxylic acids is 2. The Kier molecular flexibility index (Phi) is 6.71. The van der Waals surface area contributed by atoms with Gasteiger partial charge < -0.3 is 24.0 Å². The second-order valence-electron chi connectivity index (χ2n) is 8.80. The smallest absolute Gasteiger partial charge is 0.321 e. The van der Waals surface area contributed by atoms with Gasteiger partial charge in [0.2, 0.25) is 5.91 Å². The molecule has 4 heterocycles. The average Bonchev–Trinajstić information content (AvgIpc) is 3.63. The maximum Gasteiger partial charge on any atom is 0.321 e. The van der Waals surface area contributed by atoms with Crippen LogP contribution < -0.4 is 5.32 Å². The third-order valence-corrected chi connectivity index (χ3v) is 6.56. The zero-order chi connectivity index (χ0) is 25.1. The molecule has 0 unspecified atom stereocenters. The molecule has 3 amide bonds. The largest absolute Gasteiger partial charge is 0.463 e. The molecule has 36 heavy (non-hydrogen) atoms. The predicted octanol–water partition coefficient (Wildman–Crippen LogP) is 5.26. The molecule has 9 nitrogen and oxygen atoms in total. The van der Waals surface area contributed by atoms with Gasteiger partial charge in [-0.15, -0.1) is 0 Å². The van der Waals surface area contributed by atoms with E-state index in [1.165, 1.54) is 0 Å². The van der Waals surface area contributed by atoms with Crippen molar-refractivity contribution in [3.63, 3.8) is 0 Å². The molecule has 3 aromatic heterocycles. The third kappa shape index (κ3) is 4.68. The maximum atomic E-state index is 13.1. The van der Waals surface area contributed by atoms with Crippen LogP contribution in [0.3, 0.4) is 0 Å². The van der Waals surface area contributed by atoms with E-state index in [2.05, 4.69) is 5.32 Å². The average molecular weight is 488 g/mol. The Bertz CT molecular complexity index is 1350. The van der Waals surface area contributed by atoms with Crippen LogP contribution in [-0.4, -0.2) is 57.9 Å². The number of nitrogens with one attached hydrogen (secondary N) is 1. The lowest BCUT2D eigenvalue weighted by Crippen LogP contribution is -2.47. The molecule has 5 rings (SSSR count). The highest BCUT2D eigenvalue weighted by Gasteiger charge is 2.30. The first kappa shape index (κ1) is 23.6. The van der Waals surface area contributed by atoms with Gasteiger partial charge in [0.1, 0.15) is 11.4 Å². The summed E-state index contributed by atoms with van der Waals surface area (Å²) in [7, 11) is 0. The van der Waals surface area contributed by atoms with E-state index in [-0.39, 0.29) is 17.9 Å². The van der Waals surface area contributed by atoms with Gasteiger partial charge in [-0.25, -0.2) is 14.8 Å². The second kappa shape index (κ2) is 10.2. The number of benzene rings is 1. The summed E-state index contributed by atoms with van der Waals surface area (Å²) >= 11 is 0. The molecule has 0 spiro atoms. The van der Waals surface area contributed by atoms with Gasteiger partial charge in [0.25, 0.3) is 0 Å². The number of aromatic nitrogens is 2. The Morgan fingerprint density at radius 3 is 2.28 bits per heavy atom. The van der Waals surface area contributed by atoms with E-state index in [4.69, 9.17) is 18.8 Å². The van der Waals surface area contributed by atoms with E-state index in [0.29, 0.717) is 65.8 Å². The molecule has 1 aromatic carbocycles. The van der Waals surface area contributed by atoms with Crippen molar-refractivity contribution in [1.82, 2.24) is 19.8 Å². The Morgan fingerprint density at radius 1 is 1.00 bits per heavy atom. The van der Waals surface area contributed by atoms with Crippen molar-refractivity contribution < 1.29 is 18.4 Å². The number of nitrogens with zero attached hydrogens (tertiary/aromatic N) is 4. The number of anilines is 1. The van der Waals surface area contributed by atoms with Crippen LogP contribution in [0.2, 0.25) is 0 Å². The normalized spacial score (nSPS) is 15.7. The topological polar surface area (TPSA) is 105 Å². The summed E-state index contributed by atoms with van der Waals surface area (Å²) in [4.78, 5) is 39.0. The summed E-state index contributed by atoms with van der Waals surface area (Å²) in [6.45, 7) is 6.36. The molecule has 1 saturated heterocycles. The van der Waals surface area contributed by atoms with Crippen molar-refractivity contribution >= 4 is 28.7 Å². The van der Waals surface area contributed by atoms with E-state index < -0.39 is 0 Å². The molecular weight excluding hydrogens is 458 g/mol. The SMILES string of the molecule is CCN(CC)C(=O)[C@H]1CCCN(C(=O)Nc2ccc3nc(-c4ccco4)c(-c4ccco4)nc3c2)C1. The van der Waals surface area contributed by atoms with Crippen LogP contribution in [0, 0.1) is 5.92 Å². The first-order valence-corrected chi connectivity index (χ1v) is 12.3. The summed E-state index contributed by atoms with van der Waals surface area (Å²) in [5, 5.41) is 2.97. The van der Waals surface area contributed by atoms with Gasteiger partial charge in [-0.3, -0.25) is 4.79 Å². The van der Waals surface area contributed by atoms with Gasteiger partial charge in [0.05, 0.1) is 29.5 Å². The van der Waals surface area contributed by atoms with Gasteiger partial charge in [-0.05, 0) is 69.2 Å². The van der Waals surface area contributed by atoms with Crippen molar-refractivity contribution in [3.05, 3.63) is 55.0 Å². The number of hydrogen-bond acceptors (Lipinski definition) is 6. The van der Waals surface area contributed by atoms with Gasteiger partial charge in [0.15, 0.2) is 11.5 Å². The number of rotatable bonds is 6. The summed E-state index contributed by atoms with van der Waals surface area (Å²) in [6.07, 6.45) is 4.78. The van der Waals surface area contributed by atoms with E-state index in [1.807, 2.05) is 36.9 Å². The fourth-order valence-corrected chi connectivity index (χ4v) is 4.66. The molecule has 0 aliphatic carbocycles. The van der Waals surface area contributed by atoms with Crippen molar-refractivity contribution in [2.45, 2.75) is 26.7 Å². The molecule has 1 N–H and O–H groups in total. The molecule has 0 radical (unpaired) electrons. The Morgan fingerprint density at radius 2 is 1.67 bits per heavy atom. The van der Waals surface area contributed by atoms with Crippen LogP contribution in [0.5, 0.6) is 0 Å². The minimum atomic E-state index is -0.224. The van der Waals surface area contributed by atoms with Gasteiger partial charge >= 0.3 is 6.03 Å². The first-order valence-electron chi connectivity index (χ1n) is 12.3. The van der Waals surface area contributed by atoms with Crippen LogP contribution in [0.15, 0.2) is 63.8 Å². The number of urea groups is 1. The van der Waals surface area contributed by atoms with Crippen LogP contribution in [0.4, 0.5) is 10.5 Å². The Labute approximate surface area is 209 Å². The molecule has 0 saturated carbocycles. The molecule has 0 bridgehead atoms. The van der Waals surface area contributed by atoms with Crippen molar-refractivity contribution in [1.29, 1.82) is 0 Å². The van der Waals surface area contributed by atoms with Crippen LogP contribution in [0.1, 0.15) is 26.7 Å². The minimum Gasteiger partial charge on any atom is -0.463 e. The number of likely N-dealkylation sites (tertiary alicyclic amines) is 1. The summed E-state index contributed by atoms with van der Waals surface area (Å²) in [5.41, 5.74) is 3.02. The minimum absolute atomic E-state index is 0.122. The number of furan rings is 2. The fourth-order valence-electron chi connectivity index (χ4n) is 4.66. The van der Waals surface area contributed by atoms with Crippen molar-refractivity contribution in [2.24, 2.45) is 5.92 Å². The molecule has 4 aromatic rings. The second-order valence-corrected chi connectivity index (χ2v) is 8.80. The van der Waals surface area contributed by atoms with Crippen molar-refractivity contribution in [3.8, 4) is 22.9 Å². The lowest BCUT2D eigenvalue weighted by Gasteiger charge is -2.34. The molecular formula is C27H29N5O4. The zero-order valence-electron chi connectivity index (χ0n) is 20.4. The monoisotopic (exact) mass is 487 g/mol. The number of amides is 3. The molecule has 1 aliphatic heterocycles. The lowest BCUT2D eigenvalue weighted by atomic mass is 9.96. The quantitative estimate of drug-likeness (QED) is 0.398. The molecule has 186 valence electrons. The summed E-state index contributed by atoms with van der Waals surface area (Å²) < 4.78 is 11.2. The summed E-state index contributed by atoms with van der Waals surface area (Å²) in [5.74, 6) is 1.12. The van der Waals surface area contributed by atoms with Crippen LogP contribution in [0.25, 0.3) is 33.9 Å². The predicted molar refractivity (Wildman–Crippen MR) is 136 cm³/mol. The molecule has 9 heteroatoms. The third-order valence-electron chi connectivity index (χ3n) is 6.56. The lowest BCUT2D eigenvalue weighted by molar-refractivity contribution is -0.136. The highest BCUT2D eigenvalue weighted by atomic mass is 16.3. The van der Waals surface area contributed by atoms with Gasteiger partial charge in [0, 0.05) is 31.9 Å². The Hall–Kier alpha value is -4.14. The molecule has 1 fully saturated rings. The Balaban J connectivity index is 1.38. The highest BCUT2D eigenvalue weighted by molar-refractivity contribution is 5.93. The first-order chi connectivity index (χ1) is 17.6. The number of hydrogen-bond donors (Lipinski definition) is 1. The maximum absolute atomic E-state index is 13.1. The van der Waals surface area contributed by atoms with E-state index in [9.17, 15) is 9.59 Å².